The normalized spacial score (nSPS) is 19.7. The molecule has 0 aromatic heterocycles. The van der Waals surface area contributed by atoms with Crippen LogP contribution < -0.4 is 4.90 Å². The zero-order valence-corrected chi connectivity index (χ0v) is 15.6. The molecule has 0 N–H and O–H groups in total. The van der Waals surface area contributed by atoms with Gasteiger partial charge in [-0.2, -0.15) is 0 Å². The Labute approximate surface area is 150 Å². The molecule has 0 radical (unpaired) electrons. The van der Waals surface area contributed by atoms with Gasteiger partial charge in [0.05, 0.1) is 11.4 Å². The van der Waals surface area contributed by atoms with Gasteiger partial charge in [-0.1, -0.05) is 22.0 Å². The number of carbonyl (C=O) groups excluding carboxylic acids is 1. The molecule has 1 aromatic carbocycles. The highest BCUT2D eigenvalue weighted by Crippen LogP contribution is 2.34. The minimum Gasteiger partial charge on any atom is -0.444 e. The number of sulfonamides is 1. The van der Waals surface area contributed by atoms with Crippen molar-refractivity contribution in [1.82, 2.24) is 4.31 Å². The maximum absolute atomic E-state index is 12.3. The molecule has 1 saturated heterocycles. The molecule has 1 fully saturated rings. The van der Waals surface area contributed by atoms with Gasteiger partial charge in [0.1, 0.15) is 6.61 Å². The maximum atomic E-state index is 12.3. The van der Waals surface area contributed by atoms with Crippen LogP contribution in [0.2, 0.25) is 0 Å². The van der Waals surface area contributed by atoms with Gasteiger partial charge in [0.2, 0.25) is 10.0 Å². The average Bonchev–Trinajstić information content (AvgIpc) is 2.55. The lowest BCUT2D eigenvalue weighted by atomic mass is 10.0. The van der Waals surface area contributed by atoms with Crippen molar-refractivity contribution in [2.75, 3.05) is 23.7 Å². The summed E-state index contributed by atoms with van der Waals surface area (Å²) in [6, 6.07) is 5.68. The highest BCUT2D eigenvalue weighted by molar-refractivity contribution is 9.10. The first kappa shape index (κ1) is 17.4. The van der Waals surface area contributed by atoms with Crippen LogP contribution in [0.5, 0.6) is 0 Å². The third kappa shape index (κ3) is 3.36. The number of ether oxygens (including phenoxy) is 1. The number of benzene rings is 1. The van der Waals surface area contributed by atoms with Gasteiger partial charge < -0.3 is 4.74 Å². The van der Waals surface area contributed by atoms with Crippen molar-refractivity contribution < 1.29 is 17.9 Å². The summed E-state index contributed by atoms with van der Waals surface area (Å²) in [7, 11) is -3.29. The van der Waals surface area contributed by atoms with E-state index in [1.54, 1.807) is 4.90 Å². The molecule has 24 heavy (non-hydrogen) atoms. The van der Waals surface area contributed by atoms with E-state index in [4.69, 9.17) is 4.74 Å². The van der Waals surface area contributed by atoms with Crippen LogP contribution in [0, 0.1) is 0 Å². The monoisotopic (exact) mass is 414 g/mol. The molecule has 0 spiro atoms. The van der Waals surface area contributed by atoms with Gasteiger partial charge in [-0.15, -0.1) is 6.58 Å². The van der Waals surface area contributed by atoms with E-state index in [2.05, 4.69) is 22.5 Å². The van der Waals surface area contributed by atoms with Gasteiger partial charge >= 0.3 is 6.09 Å². The van der Waals surface area contributed by atoms with Crippen LogP contribution in [0.25, 0.3) is 0 Å². The number of amides is 1. The Morgan fingerprint density at radius 1 is 1.33 bits per heavy atom. The van der Waals surface area contributed by atoms with Gasteiger partial charge in [-0.25, -0.2) is 17.5 Å². The summed E-state index contributed by atoms with van der Waals surface area (Å²) >= 11 is 3.43. The quantitative estimate of drug-likeness (QED) is 0.710. The minimum absolute atomic E-state index is 0.0553. The highest BCUT2D eigenvalue weighted by Gasteiger charge is 2.36. The third-order valence-corrected chi connectivity index (χ3v) is 6.66. The van der Waals surface area contributed by atoms with E-state index in [0.29, 0.717) is 25.9 Å². The van der Waals surface area contributed by atoms with Crippen LogP contribution >= 0.6 is 15.9 Å². The van der Waals surface area contributed by atoms with Crippen molar-refractivity contribution in [1.29, 1.82) is 0 Å². The lowest BCUT2D eigenvalue weighted by molar-refractivity contribution is 0.136. The molecule has 0 unspecified atom stereocenters. The zero-order valence-electron chi connectivity index (χ0n) is 13.2. The molecule has 1 amide bonds. The fraction of sp³-hybridized carbons (Fsp3) is 0.438. The number of hydrogen-bond acceptors (Lipinski definition) is 4. The summed E-state index contributed by atoms with van der Waals surface area (Å²) in [5.41, 5.74) is 1.80. The van der Waals surface area contributed by atoms with Crippen LogP contribution in [0.4, 0.5) is 10.5 Å². The molecule has 130 valence electrons. The first-order valence-corrected chi connectivity index (χ1v) is 10.2. The van der Waals surface area contributed by atoms with E-state index in [0.717, 1.165) is 15.7 Å². The second kappa shape index (κ2) is 6.85. The van der Waals surface area contributed by atoms with Crippen LogP contribution in [0.15, 0.2) is 35.3 Å². The maximum Gasteiger partial charge on any atom is 0.414 e. The molecular formula is C16H19BrN2O4S. The average molecular weight is 415 g/mol. The minimum atomic E-state index is -3.29. The van der Waals surface area contributed by atoms with E-state index in [-0.39, 0.29) is 24.5 Å². The molecule has 3 rings (SSSR count). The smallest absolute Gasteiger partial charge is 0.414 e. The fourth-order valence-corrected chi connectivity index (χ4v) is 4.88. The number of nitrogens with zero attached hydrogens (tertiary/aromatic N) is 2. The van der Waals surface area contributed by atoms with Crippen LogP contribution in [0.3, 0.4) is 0 Å². The summed E-state index contributed by atoms with van der Waals surface area (Å²) in [5, 5.41) is 0. The summed E-state index contributed by atoms with van der Waals surface area (Å²) in [6.07, 6.45) is 2.21. The molecule has 1 aromatic rings. The Bertz CT molecular complexity index is 757. The van der Waals surface area contributed by atoms with Gasteiger partial charge in [0.15, 0.2) is 0 Å². The molecule has 0 atom stereocenters. The number of rotatable bonds is 4. The first-order chi connectivity index (χ1) is 11.4. The molecular weight excluding hydrogens is 396 g/mol. The zero-order chi connectivity index (χ0) is 17.3. The van der Waals surface area contributed by atoms with E-state index < -0.39 is 10.0 Å². The first-order valence-electron chi connectivity index (χ1n) is 7.75. The second-order valence-electron chi connectivity index (χ2n) is 5.90. The molecule has 0 saturated carbocycles. The van der Waals surface area contributed by atoms with Crippen molar-refractivity contribution >= 4 is 37.7 Å². The van der Waals surface area contributed by atoms with Crippen molar-refractivity contribution in [2.45, 2.75) is 25.5 Å². The lowest BCUT2D eigenvalue weighted by Gasteiger charge is -2.39. The standard InChI is InChI=1S/C16H19BrN2O4S/c1-2-9-24(21,22)18-7-5-14(6-8-18)19-15-4-3-13(17)10-12(15)11-23-16(19)20/h2-4,10,14H,1,5-9,11H2. The Balaban J connectivity index is 1.77. The van der Waals surface area contributed by atoms with Gasteiger partial charge in [0.25, 0.3) is 0 Å². The Morgan fingerprint density at radius 2 is 2.04 bits per heavy atom. The largest absolute Gasteiger partial charge is 0.444 e. The van der Waals surface area contributed by atoms with Crippen LogP contribution in [0.1, 0.15) is 18.4 Å². The van der Waals surface area contributed by atoms with Crippen molar-refractivity contribution in [3.8, 4) is 0 Å². The van der Waals surface area contributed by atoms with E-state index in [1.807, 2.05) is 18.2 Å². The molecule has 2 aliphatic heterocycles. The van der Waals surface area contributed by atoms with Crippen LogP contribution in [-0.4, -0.2) is 43.7 Å². The van der Waals surface area contributed by atoms with Crippen molar-refractivity contribution in [3.63, 3.8) is 0 Å². The molecule has 2 aliphatic rings. The van der Waals surface area contributed by atoms with E-state index >= 15 is 0 Å². The SMILES string of the molecule is C=CCS(=O)(=O)N1CCC(N2C(=O)OCc3cc(Br)ccc32)CC1. The number of anilines is 1. The highest BCUT2D eigenvalue weighted by atomic mass is 79.9. The molecule has 0 aliphatic carbocycles. The fourth-order valence-electron chi connectivity index (χ4n) is 3.19. The predicted octanol–water partition coefficient (Wildman–Crippen LogP) is 2.89. The molecule has 2 heterocycles. The summed E-state index contributed by atoms with van der Waals surface area (Å²) in [5.74, 6) is -0.0553. The lowest BCUT2D eigenvalue weighted by Crippen LogP contribution is -2.50. The van der Waals surface area contributed by atoms with Gasteiger partial charge in [0, 0.05) is 29.2 Å². The second-order valence-corrected chi connectivity index (χ2v) is 8.82. The number of fused-ring (bicyclic) bond motifs is 1. The number of halogens is 1. The molecule has 8 heteroatoms. The Kier molecular flexibility index (Phi) is 4.98. The van der Waals surface area contributed by atoms with Crippen molar-refractivity contribution in [2.24, 2.45) is 0 Å². The topological polar surface area (TPSA) is 66.9 Å². The summed E-state index contributed by atoms with van der Waals surface area (Å²) < 4.78 is 31.9. The third-order valence-electron chi connectivity index (χ3n) is 4.36. The van der Waals surface area contributed by atoms with Gasteiger partial charge in [-0.05, 0) is 31.0 Å². The molecule has 6 nitrogen and oxygen atoms in total. The Morgan fingerprint density at radius 3 is 2.71 bits per heavy atom. The Hall–Kier alpha value is -1.38. The van der Waals surface area contributed by atoms with Gasteiger partial charge in [-0.3, -0.25) is 4.90 Å². The van der Waals surface area contributed by atoms with Crippen LogP contribution in [-0.2, 0) is 21.4 Å². The number of carbonyl (C=O) groups is 1. The summed E-state index contributed by atoms with van der Waals surface area (Å²) in [6.45, 7) is 4.55. The van der Waals surface area contributed by atoms with E-state index in [9.17, 15) is 13.2 Å². The molecule has 0 bridgehead atoms. The summed E-state index contributed by atoms with van der Waals surface area (Å²) in [4.78, 5) is 13.9. The number of piperidine rings is 1. The van der Waals surface area contributed by atoms with E-state index in [1.165, 1.54) is 10.4 Å². The van der Waals surface area contributed by atoms with Crippen molar-refractivity contribution in [3.05, 3.63) is 40.9 Å². The number of hydrogen-bond donors (Lipinski definition) is 0. The predicted molar refractivity (Wildman–Crippen MR) is 95.4 cm³/mol. The number of cyclic esters (lactones) is 1.